The van der Waals surface area contributed by atoms with Crippen molar-refractivity contribution in [1.29, 1.82) is 0 Å². The zero-order valence-corrected chi connectivity index (χ0v) is 10.3. The first-order valence-corrected chi connectivity index (χ1v) is 6.03. The van der Waals surface area contributed by atoms with E-state index in [9.17, 15) is 5.11 Å². The molecule has 0 bridgehead atoms. The molecule has 6 nitrogen and oxygen atoms in total. The quantitative estimate of drug-likeness (QED) is 0.495. The lowest BCUT2D eigenvalue weighted by Gasteiger charge is -2.13. The Morgan fingerprint density at radius 2 is 2.29 bits per heavy atom. The van der Waals surface area contributed by atoms with E-state index >= 15 is 0 Å². The lowest BCUT2D eigenvalue weighted by Crippen LogP contribution is -2.18. The van der Waals surface area contributed by atoms with E-state index in [1.165, 1.54) is 0 Å². The number of nitrogens with two attached hydrogens (primary N) is 1. The van der Waals surface area contributed by atoms with E-state index in [1.54, 1.807) is 10.9 Å². The number of aromatic nitrogens is 2. The first-order valence-electron chi connectivity index (χ1n) is 6.03. The van der Waals surface area contributed by atoms with E-state index in [0.717, 1.165) is 25.2 Å². The van der Waals surface area contributed by atoms with Crippen LogP contribution in [-0.4, -0.2) is 39.2 Å². The number of aliphatic hydroxyl groups excluding tert-OH is 2. The Kier molecular flexibility index (Phi) is 5.79. The molecule has 1 aromatic rings. The van der Waals surface area contributed by atoms with Crippen molar-refractivity contribution in [1.82, 2.24) is 9.78 Å². The fourth-order valence-corrected chi connectivity index (χ4v) is 1.50. The molecular formula is C11H22N4O2. The highest BCUT2D eigenvalue weighted by molar-refractivity contribution is 5.60. The van der Waals surface area contributed by atoms with Gasteiger partial charge in [-0.05, 0) is 19.3 Å². The van der Waals surface area contributed by atoms with Crippen molar-refractivity contribution in [3.63, 3.8) is 0 Å². The molecule has 0 fully saturated rings. The van der Waals surface area contributed by atoms with Gasteiger partial charge in [0.2, 0.25) is 0 Å². The van der Waals surface area contributed by atoms with E-state index in [4.69, 9.17) is 10.8 Å². The molecule has 0 saturated heterocycles. The highest BCUT2D eigenvalue weighted by Crippen LogP contribution is 2.18. The molecule has 6 heteroatoms. The van der Waals surface area contributed by atoms with Crippen molar-refractivity contribution >= 4 is 11.5 Å². The van der Waals surface area contributed by atoms with Crippen molar-refractivity contribution in [2.45, 2.75) is 38.8 Å². The third-order valence-corrected chi connectivity index (χ3v) is 2.60. The van der Waals surface area contributed by atoms with Crippen LogP contribution in [0.5, 0.6) is 0 Å². The minimum absolute atomic E-state index is 0.199. The monoisotopic (exact) mass is 242 g/mol. The number of nitrogen functional groups attached to an aromatic ring is 1. The average Bonchev–Trinajstić information content (AvgIpc) is 2.66. The van der Waals surface area contributed by atoms with Crippen molar-refractivity contribution < 1.29 is 10.2 Å². The Labute approximate surface area is 101 Å². The molecule has 1 atom stereocenters. The van der Waals surface area contributed by atoms with Gasteiger partial charge in [0.15, 0.2) is 0 Å². The number of anilines is 2. The number of nitrogens with zero attached hydrogens (tertiary/aromatic N) is 2. The molecule has 0 radical (unpaired) electrons. The first-order chi connectivity index (χ1) is 8.19. The van der Waals surface area contributed by atoms with Crippen molar-refractivity contribution in [3.8, 4) is 0 Å². The van der Waals surface area contributed by atoms with Gasteiger partial charge in [0.05, 0.1) is 24.5 Å². The lowest BCUT2D eigenvalue weighted by molar-refractivity contribution is 0.146. The van der Waals surface area contributed by atoms with Gasteiger partial charge < -0.3 is 21.3 Å². The van der Waals surface area contributed by atoms with E-state index in [2.05, 4.69) is 10.4 Å². The molecule has 0 aliphatic heterocycles. The third kappa shape index (κ3) is 4.24. The number of rotatable bonds is 8. The SMILES string of the molecule is CCC(O)Cn1ncc(N)c1NCCCCO. The topological polar surface area (TPSA) is 96.3 Å². The largest absolute Gasteiger partial charge is 0.396 e. The number of aliphatic hydroxyl groups is 2. The van der Waals surface area contributed by atoms with Crippen LogP contribution in [0.4, 0.5) is 11.5 Å². The minimum atomic E-state index is -0.410. The highest BCUT2D eigenvalue weighted by Gasteiger charge is 2.10. The highest BCUT2D eigenvalue weighted by atomic mass is 16.3. The Bertz CT molecular complexity index is 327. The summed E-state index contributed by atoms with van der Waals surface area (Å²) in [5.74, 6) is 0.746. The Morgan fingerprint density at radius 1 is 1.53 bits per heavy atom. The van der Waals surface area contributed by atoms with Crippen LogP contribution in [0.15, 0.2) is 6.20 Å². The van der Waals surface area contributed by atoms with Crippen LogP contribution in [-0.2, 0) is 6.54 Å². The molecular weight excluding hydrogens is 220 g/mol. The van der Waals surface area contributed by atoms with Gasteiger partial charge in [0, 0.05) is 13.2 Å². The molecule has 0 saturated carbocycles. The first kappa shape index (κ1) is 13.8. The maximum Gasteiger partial charge on any atom is 0.147 e. The van der Waals surface area contributed by atoms with Crippen LogP contribution in [0.2, 0.25) is 0 Å². The predicted octanol–water partition coefficient (Wildman–Crippen LogP) is 0.421. The molecule has 5 N–H and O–H groups in total. The Balaban J connectivity index is 2.53. The van der Waals surface area contributed by atoms with Gasteiger partial charge in [0.25, 0.3) is 0 Å². The summed E-state index contributed by atoms with van der Waals surface area (Å²) in [5.41, 5.74) is 6.38. The van der Waals surface area contributed by atoms with Crippen LogP contribution < -0.4 is 11.1 Å². The number of hydrogen-bond acceptors (Lipinski definition) is 5. The van der Waals surface area contributed by atoms with Gasteiger partial charge in [-0.1, -0.05) is 6.92 Å². The van der Waals surface area contributed by atoms with Crippen LogP contribution in [0.25, 0.3) is 0 Å². The Morgan fingerprint density at radius 3 is 2.94 bits per heavy atom. The summed E-state index contributed by atoms with van der Waals surface area (Å²) in [5, 5.41) is 25.6. The predicted molar refractivity (Wildman–Crippen MR) is 67.7 cm³/mol. The molecule has 0 spiro atoms. The van der Waals surface area contributed by atoms with E-state index in [-0.39, 0.29) is 6.61 Å². The summed E-state index contributed by atoms with van der Waals surface area (Å²) < 4.78 is 1.68. The fraction of sp³-hybridized carbons (Fsp3) is 0.727. The second-order valence-corrected chi connectivity index (χ2v) is 4.05. The molecule has 1 unspecified atom stereocenters. The number of hydrogen-bond donors (Lipinski definition) is 4. The third-order valence-electron chi connectivity index (χ3n) is 2.60. The standard InChI is InChI=1S/C11H22N4O2/c1-2-9(17)8-15-11(10(12)7-14-15)13-5-3-4-6-16/h7,9,13,16-17H,2-6,8,12H2,1H3. The summed E-state index contributed by atoms with van der Waals surface area (Å²) in [7, 11) is 0. The van der Waals surface area contributed by atoms with Crippen LogP contribution in [0.1, 0.15) is 26.2 Å². The summed E-state index contributed by atoms with van der Waals surface area (Å²) in [6.07, 6.45) is 3.49. The second kappa shape index (κ2) is 7.13. The van der Waals surface area contributed by atoms with E-state index in [0.29, 0.717) is 18.7 Å². The minimum Gasteiger partial charge on any atom is -0.396 e. The van der Waals surface area contributed by atoms with Gasteiger partial charge in [-0.3, -0.25) is 0 Å². The van der Waals surface area contributed by atoms with Crippen LogP contribution in [0, 0.1) is 0 Å². The van der Waals surface area contributed by atoms with Crippen molar-refractivity contribution in [3.05, 3.63) is 6.20 Å². The van der Waals surface area contributed by atoms with Gasteiger partial charge >= 0.3 is 0 Å². The molecule has 17 heavy (non-hydrogen) atoms. The summed E-state index contributed by atoms with van der Waals surface area (Å²) in [6, 6.07) is 0. The molecule has 1 rings (SSSR count). The molecule has 1 aromatic heterocycles. The normalized spacial score (nSPS) is 12.6. The van der Waals surface area contributed by atoms with Gasteiger partial charge in [-0.25, -0.2) is 4.68 Å². The summed E-state index contributed by atoms with van der Waals surface area (Å²) in [4.78, 5) is 0. The molecule has 0 aliphatic carbocycles. The molecule has 1 heterocycles. The van der Waals surface area contributed by atoms with Crippen LogP contribution in [0.3, 0.4) is 0 Å². The molecule has 98 valence electrons. The zero-order valence-electron chi connectivity index (χ0n) is 10.3. The van der Waals surface area contributed by atoms with Crippen LogP contribution >= 0.6 is 0 Å². The molecule has 0 aliphatic rings. The maximum absolute atomic E-state index is 9.59. The number of unbranched alkanes of at least 4 members (excludes halogenated alkanes) is 1. The number of nitrogens with one attached hydrogen (secondary N) is 1. The second-order valence-electron chi connectivity index (χ2n) is 4.05. The lowest BCUT2D eigenvalue weighted by atomic mass is 10.3. The summed E-state index contributed by atoms with van der Waals surface area (Å²) >= 11 is 0. The fourth-order valence-electron chi connectivity index (χ4n) is 1.50. The van der Waals surface area contributed by atoms with Gasteiger partial charge in [0.1, 0.15) is 5.82 Å². The van der Waals surface area contributed by atoms with E-state index < -0.39 is 6.10 Å². The molecule has 0 amide bonds. The smallest absolute Gasteiger partial charge is 0.147 e. The molecule has 0 aromatic carbocycles. The summed E-state index contributed by atoms with van der Waals surface area (Å²) in [6.45, 7) is 3.30. The van der Waals surface area contributed by atoms with Crippen molar-refractivity contribution in [2.24, 2.45) is 0 Å². The Hall–Kier alpha value is -1.27. The maximum atomic E-state index is 9.59. The van der Waals surface area contributed by atoms with Gasteiger partial charge in [-0.15, -0.1) is 0 Å². The average molecular weight is 242 g/mol. The zero-order chi connectivity index (χ0) is 12.7. The van der Waals surface area contributed by atoms with Gasteiger partial charge in [-0.2, -0.15) is 5.10 Å². The van der Waals surface area contributed by atoms with Crippen molar-refractivity contribution in [2.75, 3.05) is 24.2 Å². The van der Waals surface area contributed by atoms with E-state index in [1.807, 2.05) is 6.92 Å².